The van der Waals surface area contributed by atoms with Crippen molar-refractivity contribution in [2.45, 2.75) is 0 Å². The maximum absolute atomic E-state index is 10.2. The van der Waals surface area contributed by atoms with E-state index in [0.29, 0.717) is 5.69 Å². The first-order valence-corrected chi connectivity index (χ1v) is 4.25. The summed E-state index contributed by atoms with van der Waals surface area (Å²) in [5.41, 5.74) is 2.31. The molecule has 0 aliphatic carbocycles. The van der Waals surface area contributed by atoms with Crippen molar-refractivity contribution < 1.29 is 0 Å². The van der Waals surface area contributed by atoms with Gasteiger partial charge in [0.05, 0.1) is 5.69 Å². The monoisotopic (exact) mass is 184 g/mol. The summed E-state index contributed by atoms with van der Waals surface area (Å²) in [4.78, 5) is 14.4. The smallest absolute Gasteiger partial charge is 0.108 e. The molecule has 0 fully saturated rings. The number of nitroso groups, excluding NO2 is 1. The summed E-state index contributed by atoms with van der Waals surface area (Å²) in [5.74, 6) is 0. The lowest BCUT2D eigenvalue weighted by molar-refractivity contribution is 1.32. The topological polar surface area (TPSA) is 42.3 Å². The Kier molecular flexibility index (Phi) is 2.32. The molecule has 0 saturated carbocycles. The molecule has 0 atom stereocenters. The van der Waals surface area contributed by atoms with Crippen molar-refractivity contribution in [1.29, 1.82) is 0 Å². The Bertz CT molecular complexity index is 423. The van der Waals surface area contributed by atoms with Gasteiger partial charge in [0.15, 0.2) is 0 Å². The Morgan fingerprint density at radius 2 is 1.79 bits per heavy atom. The second kappa shape index (κ2) is 3.79. The lowest BCUT2D eigenvalue weighted by Crippen LogP contribution is -1.80. The fourth-order valence-electron chi connectivity index (χ4n) is 1.23. The Morgan fingerprint density at radius 1 is 1.00 bits per heavy atom. The standard InChI is InChI=1S/C11H8N2O/c14-13-10-6-4-9(5-7-10)11-3-1-2-8-12-11/h1-8H. The van der Waals surface area contributed by atoms with Gasteiger partial charge in [-0.05, 0) is 29.4 Å². The van der Waals surface area contributed by atoms with Gasteiger partial charge in [0.1, 0.15) is 5.69 Å². The highest BCUT2D eigenvalue weighted by molar-refractivity contribution is 5.61. The van der Waals surface area contributed by atoms with E-state index < -0.39 is 0 Å². The lowest BCUT2D eigenvalue weighted by atomic mass is 10.1. The molecule has 0 bridgehead atoms. The summed E-state index contributed by atoms with van der Waals surface area (Å²) in [6.45, 7) is 0. The molecule has 2 rings (SSSR count). The van der Waals surface area contributed by atoms with Gasteiger partial charge in [-0.15, -0.1) is 4.91 Å². The van der Waals surface area contributed by atoms with Gasteiger partial charge >= 0.3 is 0 Å². The van der Waals surface area contributed by atoms with E-state index in [1.165, 1.54) is 0 Å². The van der Waals surface area contributed by atoms with Crippen LogP contribution in [0.5, 0.6) is 0 Å². The molecular weight excluding hydrogens is 176 g/mol. The summed E-state index contributed by atoms with van der Waals surface area (Å²) in [5, 5.41) is 2.83. The highest BCUT2D eigenvalue weighted by atomic mass is 16.3. The second-order valence-corrected chi connectivity index (χ2v) is 2.85. The van der Waals surface area contributed by atoms with E-state index in [2.05, 4.69) is 10.2 Å². The van der Waals surface area contributed by atoms with E-state index in [4.69, 9.17) is 0 Å². The van der Waals surface area contributed by atoms with Crippen LogP contribution in [0.4, 0.5) is 5.69 Å². The van der Waals surface area contributed by atoms with Crippen molar-refractivity contribution in [2.75, 3.05) is 0 Å². The van der Waals surface area contributed by atoms with Crippen LogP contribution in [0.15, 0.2) is 53.8 Å². The Hall–Kier alpha value is -2.03. The number of aromatic nitrogens is 1. The van der Waals surface area contributed by atoms with Crippen molar-refractivity contribution >= 4 is 5.69 Å². The molecule has 3 heteroatoms. The molecule has 1 aromatic carbocycles. The Labute approximate surface area is 81.4 Å². The van der Waals surface area contributed by atoms with Gasteiger partial charge < -0.3 is 0 Å². The predicted octanol–water partition coefficient (Wildman–Crippen LogP) is 3.15. The van der Waals surface area contributed by atoms with Gasteiger partial charge in [-0.3, -0.25) is 4.98 Å². The third-order valence-corrected chi connectivity index (χ3v) is 1.93. The SMILES string of the molecule is O=Nc1ccc(-c2ccccn2)cc1. The van der Waals surface area contributed by atoms with Crippen molar-refractivity contribution in [3.8, 4) is 11.3 Å². The fraction of sp³-hybridized carbons (Fsp3) is 0. The minimum atomic E-state index is 0.435. The van der Waals surface area contributed by atoms with Crippen LogP contribution in [0.2, 0.25) is 0 Å². The number of nitrogens with zero attached hydrogens (tertiary/aromatic N) is 2. The molecule has 0 unspecified atom stereocenters. The molecule has 0 N–H and O–H groups in total. The van der Waals surface area contributed by atoms with Gasteiger partial charge in [-0.1, -0.05) is 18.2 Å². The molecule has 68 valence electrons. The normalized spacial score (nSPS) is 9.71. The van der Waals surface area contributed by atoms with E-state index in [0.717, 1.165) is 11.3 Å². The number of hydrogen-bond acceptors (Lipinski definition) is 3. The van der Waals surface area contributed by atoms with Crippen molar-refractivity contribution in [3.63, 3.8) is 0 Å². The average molecular weight is 184 g/mol. The quantitative estimate of drug-likeness (QED) is 0.673. The molecule has 1 aromatic heterocycles. The number of rotatable bonds is 2. The van der Waals surface area contributed by atoms with Crippen LogP contribution in [-0.2, 0) is 0 Å². The summed E-state index contributed by atoms with van der Waals surface area (Å²) in [6.07, 6.45) is 1.74. The summed E-state index contributed by atoms with van der Waals surface area (Å²) in [6, 6.07) is 12.7. The molecule has 0 saturated heterocycles. The van der Waals surface area contributed by atoms with E-state index in [-0.39, 0.29) is 0 Å². The van der Waals surface area contributed by atoms with Crippen LogP contribution >= 0.6 is 0 Å². The molecule has 2 aromatic rings. The van der Waals surface area contributed by atoms with Crippen LogP contribution in [0.1, 0.15) is 0 Å². The molecule has 0 aliphatic heterocycles. The minimum absolute atomic E-state index is 0.435. The van der Waals surface area contributed by atoms with Gasteiger partial charge in [0.2, 0.25) is 0 Å². The zero-order valence-corrected chi connectivity index (χ0v) is 7.42. The molecule has 3 nitrogen and oxygen atoms in total. The average Bonchev–Trinajstić information content (AvgIpc) is 2.30. The lowest BCUT2D eigenvalue weighted by Gasteiger charge is -1.98. The number of benzene rings is 1. The molecule has 1 heterocycles. The van der Waals surface area contributed by atoms with E-state index in [1.54, 1.807) is 18.3 Å². The number of hydrogen-bond donors (Lipinski definition) is 0. The summed E-state index contributed by atoms with van der Waals surface area (Å²) < 4.78 is 0. The summed E-state index contributed by atoms with van der Waals surface area (Å²) in [7, 11) is 0. The number of pyridine rings is 1. The molecule has 0 spiro atoms. The highest BCUT2D eigenvalue weighted by Crippen LogP contribution is 2.19. The molecule has 14 heavy (non-hydrogen) atoms. The molecule has 0 amide bonds. The second-order valence-electron chi connectivity index (χ2n) is 2.85. The van der Waals surface area contributed by atoms with Gasteiger partial charge in [0.25, 0.3) is 0 Å². The first-order valence-electron chi connectivity index (χ1n) is 4.25. The van der Waals surface area contributed by atoms with E-state index in [1.807, 2.05) is 30.3 Å². The first kappa shape index (κ1) is 8.56. The maximum Gasteiger partial charge on any atom is 0.108 e. The fourth-order valence-corrected chi connectivity index (χ4v) is 1.23. The summed E-state index contributed by atoms with van der Waals surface area (Å²) >= 11 is 0. The Morgan fingerprint density at radius 3 is 2.36 bits per heavy atom. The molecule has 0 aliphatic rings. The van der Waals surface area contributed by atoms with Crippen LogP contribution < -0.4 is 0 Å². The third-order valence-electron chi connectivity index (χ3n) is 1.93. The zero-order chi connectivity index (χ0) is 9.80. The van der Waals surface area contributed by atoms with Crippen LogP contribution in [0.25, 0.3) is 11.3 Å². The van der Waals surface area contributed by atoms with Crippen molar-refractivity contribution in [2.24, 2.45) is 5.18 Å². The highest BCUT2D eigenvalue weighted by Gasteiger charge is 1.97. The molecule has 0 radical (unpaired) electrons. The minimum Gasteiger partial charge on any atom is -0.256 e. The zero-order valence-electron chi connectivity index (χ0n) is 7.42. The largest absolute Gasteiger partial charge is 0.256 e. The van der Waals surface area contributed by atoms with Crippen molar-refractivity contribution in [1.82, 2.24) is 4.98 Å². The van der Waals surface area contributed by atoms with E-state index >= 15 is 0 Å². The molecular formula is C11H8N2O. The van der Waals surface area contributed by atoms with Crippen LogP contribution in [0.3, 0.4) is 0 Å². The van der Waals surface area contributed by atoms with Crippen molar-refractivity contribution in [3.05, 3.63) is 53.6 Å². The van der Waals surface area contributed by atoms with Crippen LogP contribution in [-0.4, -0.2) is 4.98 Å². The van der Waals surface area contributed by atoms with E-state index in [9.17, 15) is 4.91 Å². The Balaban J connectivity index is 2.39. The van der Waals surface area contributed by atoms with Crippen LogP contribution in [0, 0.1) is 4.91 Å². The maximum atomic E-state index is 10.2. The predicted molar refractivity (Wildman–Crippen MR) is 55.1 cm³/mol. The van der Waals surface area contributed by atoms with Gasteiger partial charge in [0, 0.05) is 11.8 Å². The first-order chi connectivity index (χ1) is 6.90. The third kappa shape index (κ3) is 1.66. The van der Waals surface area contributed by atoms with Gasteiger partial charge in [-0.2, -0.15) is 0 Å². The van der Waals surface area contributed by atoms with Gasteiger partial charge in [-0.25, -0.2) is 0 Å².